The minimum atomic E-state index is -4.06. The Balaban J connectivity index is 2.62. The van der Waals surface area contributed by atoms with Crippen molar-refractivity contribution >= 4 is 21.5 Å². The first-order chi connectivity index (χ1) is 14.6. The first kappa shape index (κ1) is 23.3. The third-order valence-electron chi connectivity index (χ3n) is 3.41. The minimum absolute atomic E-state index is 0.0358. The lowest BCUT2D eigenvalue weighted by Crippen LogP contribution is -2.17. The molecule has 0 fully saturated rings. The van der Waals surface area contributed by atoms with Crippen LogP contribution in [0.3, 0.4) is 0 Å². The number of hydrogen-bond acceptors (Lipinski definition) is 12. The van der Waals surface area contributed by atoms with Gasteiger partial charge in [-0.05, 0) is 19.1 Å². The highest BCUT2D eigenvalue weighted by molar-refractivity contribution is 7.90. The summed E-state index contributed by atoms with van der Waals surface area (Å²) in [5.74, 6) is -2.35. The molecule has 0 aliphatic rings. The fourth-order valence-electron chi connectivity index (χ4n) is 2.14. The largest absolute Gasteiger partial charge is 0.497 e. The third-order valence-corrected chi connectivity index (χ3v) is 4.25. The zero-order valence-electron chi connectivity index (χ0n) is 16.5. The van der Waals surface area contributed by atoms with Crippen molar-refractivity contribution in [2.24, 2.45) is 0 Å². The predicted octanol–water partition coefficient (Wildman–Crippen LogP) is 1.40. The van der Waals surface area contributed by atoms with E-state index in [1.165, 1.54) is 25.3 Å². The molecule has 0 bridgehead atoms. The molecule has 2 aromatic rings. The van der Waals surface area contributed by atoms with Crippen LogP contribution in [0.15, 0.2) is 23.4 Å². The van der Waals surface area contributed by atoms with Crippen molar-refractivity contribution in [3.63, 3.8) is 0 Å². The fourth-order valence-corrected chi connectivity index (χ4v) is 2.64. The van der Waals surface area contributed by atoms with Crippen LogP contribution in [0, 0.1) is 21.4 Å². The second-order valence-corrected chi connectivity index (χ2v) is 7.61. The normalized spacial score (nSPS) is 10.6. The lowest BCUT2D eigenvalue weighted by atomic mass is 10.2. The van der Waals surface area contributed by atoms with E-state index < -0.39 is 49.9 Å². The van der Waals surface area contributed by atoms with Gasteiger partial charge in [0.25, 0.3) is 5.16 Å². The Bertz CT molecular complexity index is 1160. The van der Waals surface area contributed by atoms with Gasteiger partial charge in [0.05, 0.1) is 30.3 Å². The van der Waals surface area contributed by atoms with Crippen LogP contribution in [-0.2, 0) is 19.4 Å². The van der Waals surface area contributed by atoms with Crippen LogP contribution in [-0.4, -0.2) is 55.9 Å². The number of carbonyl (C=O) groups is 1. The fraction of sp³-hybridized carbons (Fsp3) is 0.294. The van der Waals surface area contributed by atoms with Gasteiger partial charge in [-0.2, -0.15) is 15.2 Å². The summed E-state index contributed by atoms with van der Waals surface area (Å²) in [6.45, 7) is 0.808. The van der Waals surface area contributed by atoms with E-state index in [0.717, 1.165) is 6.26 Å². The van der Waals surface area contributed by atoms with Crippen molar-refractivity contribution < 1.29 is 37.1 Å². The maximum Gasteiger partial charge on any atom is 0.392 e. The van der Waals surface area contributed by atoms with Crippen LogP contribution in [0.5, 0.6) is 23.3 Å². The van der Waals surface area contributed by atoms with Crippen molar-refractivity contribution in [3.05, 3.63) is 33.9 Å². The van der Waals surface area contributed by atoms with Crippen LogP contribution in [0.4, 0.5) is 5.69 Å². The van der Waals surface area contributed by atoms with Crippen molar-refractivity contribution in [2.75, 3.05) is 26.6 Å². The number of carbonyl (C=O) groups excluding carboxylic acids is 1. The number of sulfone groups is 1. The number of rotatable bonds is 9. The van der Waals surface area contributed by atoms with E-state index in [0.29, 0.717) is 0 Å². The molecule has 31 heavy (non-hydrogen) atoms. The van der Waals surface area contributed by atoms with E-state index in [-0.39, 0.29) is 23.7 Å². The second-order valence-electron chi connectivity index (χ2n) is 5.70. The zero-order chi connectivity index (χ0) is 23.2. The van der Waals surface area contributed by atoms with Crippen LogP contribution < -0.4 is 14.2 Å². The molecule has 13 nitrogen and oxygen atoms in total. The average molecular weight is 452 g/mol. The average Bonchev–Trinajstić information content (AvgIpc) is 2.70. The minimum Gasteiger partial charge on any atom is -0.497 e. The number of methoxy groups -OCH3 is 1. The number of nitriles is 1. The molecule has 1 heterocycles. The van der Waals surface area contributed by atoms with Crippen LogP contribution >= 0.6 is 0 Å². The van der Waals surface area contributed by atoms with E-state index >= 15 is 0 Å². The molecule has 0 aliphatic heterocycles. The molecule has 0 N–H and O–H groups in total. The van der Waals surface area contributed by atoms with Crippen molar-refractivity contribution in [1.29, 1.82) is 5.26 Å². The predicted molar refractivity (Wildman–Crippen MR) is 102 cm³/mol. The van der Waals surface area contributed by atoms with E-state index in [9.17, 15) is 23.3 Å². The summed E-state index contributed by atoms with van der Waals surface area (Å²) in [6.07, 6.45) is 0.770. The smallest absolute Gasteiger partial charge is 0.392 e. The topological polar surface area (TPSA) is 181 Å². The van der Waals surface area contributed by atoms with Gasteiger partial charge in [0, 0.05) is 12.3 Å². The Morgan fingerprint density at radius 3 is 2.42 bits per heavy atom. The van der Waals surface area contributed by atoms with E-state index in [2.05, 4.69) is 14.7 Å². The van der Waals surface area contributed by atoms with Gasteiger partial charge in [0.15, 0.2) is 6.61 Å². The Kier molecular flexibility index (Phi) is 7.27. The number of esters is 1. The molecule has 0 amide bonds. The van der Waals surface area contributed by atoms with Crippen molar-refractivity contribution in [3.8, 4) is 29.3 Å². The van der Waals surface area contributed by atoms with Crippen LogP contribution in [0.1, 0.15) is 12.5 Å². The molecular formula is C17H16N4O9S. The van der Waals surface area contributed by atoms with Gasteiger partial charge in [-0.25, -0.2) is 13.2 Å². The lowest BCUT2D eigenvalue weighted by molar-refractivity contribution is -0.387. The first-order valence-electron chi connectivity index (χ1n) is 8.41. The summed E-state index contributed by atoms with van der Waals surface area (Å²) in [5, 5.41) is 19.9. The molecular weight excluding hydrogens is 436 g/mol. The Hall–Kier alpha value is -3.99. The van der Waals surface area contributed by atoms with Gasteiger partial charge in [-0.3, -0.25) is 10.1 Å². The number of ether oxygens (including phenoxy) is 4. The van der Waals surface area contributed by atoms with Crippen LogP contribution in [0.2, 0.25) is 0 Å². The molecule has 14 heteroatoms. The summed E-state index contributed by atoms with van der Waals surface area (Å²) in [5.41, 5.74) is -0.828. The second kappa shape index (κ2) is 9.67. The molecule has 0 spiro atoms. The lowest BCUT2D eigenvalue weighted by Gasteiger charge is -2.11. The number of nitro groups is 1. The maximum atomic E-state index is 12.0. The highest BCUT2D eigenvalue weighted by Crippen LogP contribution is 2.38. The van der Waals surface area contributed by atoms with E-state index in [1.54, 1.807) is 6.92 Å². The van der Waals surface area contributed by atoms with Gasteiger partial charge in [-0.15, -0.1) is 0 Å². The first-order valence-corrected chi connectivity index (χ1v) is 10.3. The van der Waals surface area contributed by atoms with Crippen molar-refractivity contribution in [2.45, 2.75) is 12.1 Å². The molecule has 1 aromatic heterocycles. The van der Waals surface area contributed by atoms with E-state index in [4.69, 9.17) is 19.5 Å². The molecule has 0 saturated carbocycles. The van der Waals surface area contributed by atoms with Gasteiger partial charge >= 0.3 is 23.4 Å². The molecule has 0 unspecified atom stereocenters. The number of nitrogens with zero attached hydrogens (tertiary/aromatic N) is 4. The Morgan fingerprint density at radius 2 is 1.87 bits per heavy atom. The van der Waals surface area contributed by atoms with E-state index in [1.807, 2.05) is 6.07 Å². The number of aromatic nitrogens is 2. The van der Waals surface area contributed by atoms with Gasteiger partial charge in [0.1, 0.15) is 11.5 Å². The molecule has 0 saturated heterocycles. The Labute approximate surface area is 176 Å². The zero-order valence-corrected chi connectivity index (χ0v) is 17.3. The molecule has 2 rings (SSSR count). The summed E-state index contributed by atoms with van der Waals surface area (Å²) < 4.78 is 44.0. The van der Waals surface area contributed by atoms with Gasteiger partial charge in [0.2, 0.25) is 9.84 Å². The highest BCUT2D eigenvalue weighted by Gasteiger charge is 2.31. The Morgan fingerprint density at radius 1 is 1.23 bits per heavy atom. The molecule has 0 aliphatic carbocycles. The summed E-state index contributed by atoms with van der Waals surface area (Å²) in [6, 6.07) is 5.77. The monoisotopic (exact) mass is 452 g/mol. The summed E-state index contributed by atoms with van der Waals surface area (Å²) in [7, 11) is -2.73. The van der Waals surface area contributed by atoms with Crippen molar-refractivity contribution in [1.82, 2.24) is 9.97 Å². The summed E-state index contributed by atoms with van der Waals surface area (Å²) in [4.78, 5) is 29.4. The summed E-state index contributed by atoms with van der Waals surface area (Å²) >= 11 is 0. The quantitative estimate of drug-likeness (QED) is 0.231. The maximum absolute atomic E-state index is 12.0. The highest BCUT2D eigenvalue weighted by atomic mass is 32.2. The molecule has 1 aromatic carbocycles. The molecule has 0 atom stereocenters. The van der Waals surface area contributed by atoms with Gasteiger partial charge < -0.3 is 18.9 Å². The third kappa shape index (κ3) is 6.00. The standard InChI is InChI=1S/C17H16N4O9S/c1-4-28-13(22)9-29-15-14(21(23)24)16(20-17(19-15)31(3,25)26)30-12-6-10(8-18)5-11(7-12)27-2/h5-7H,4,9H2,1-3H3. The molecule has 0 radical (unpaired) electrons. The number of benzene rings is 1. The van der Waals surface area contributed by atoms with Gasteiger partial charge in [-0.1, -0.05) is 0 Å². The molecule has 164 valence electrons. The van der Waals surface area contributed by atoms with Crippen LogP contribution in [0.25, 0.3) is 0 Å². The SMILES string of the molecule is CCOC(=O)COc1nc(S(C)(=O)=O)nc(Oc2cc(C#N)cc(OC)c2)c1[N+](=O)[O-]. The number of hydrogen-bond donors (Lipinski definition) is 0.